The van der Waals surface area contributed by atoms with Gasteiger partial charge in [0.05, 0.1) is 0 Å². The van der Waals surface area contributed by atoms with Crippen molar-refractivity contribution in [3.63, 3.8) is 0 Å². The molecular weight excluding hydrogens is 236 g/mol. The van der Waals surface area contributed by atoms with E-state index in [2.05, 4.69) is 4.98 Å². The molecule has 0 aliphatic carbocycles. The fraction of sp³-hybridized carbons (Fsp3) is 0.625. The van der Waals surface area contributed by atoms with Crippen LogP contribution in [0, 0.1) is 10.1 Å². The van der Waals surface area contributed by atoms with E-state index in [1.165, 1.54) is 0 Å². The highest BCUT2D eigenvalue weighted by Gasteiger charge is 2.44. The standard InChI is InChI=1S/C8H10FN3O5/c9-1-4-6(13)7(14)8(17-4)11-2-5(10-3-11)12(15)16/h2-4,6-8,13-14H,1H2/i9-1. The number of aromatic nitrogens is 2. The van der Waals surface area contributed by atoms with Crippen LogP contribution in [0.2, 0.25) is 0 Å². The van der Waals surface area contributed by atoms with Gasteiger partial charge in [-0.15, -0.1) is 0 Å². The predicted molar refractivity (Wildman–Crippen MR) is 50.8 cm³/mol. The molecule has 0 spiro atoms. The fourth-order valence-electron chi connectivity index (χ4n) is 1.66. The Morgan fingerprint density at radius 3 is 2.76 bits per heavy atom. The number of rotatable bonds is 3. The van der Waals surface area contributed by atoms with Crippen molar-refractivity contribution in [2.24, 2.45) is 0 Å². The Morgan fingerprint density at radius 1 is 1.59 bits per heavy atom. The molecule has 2 N–H and O–H groups in total. The van der Waals surface area contributed by atoms with Crippen LogP contribution in [0.15, 0.2) is 12.5 Å². The van der Waals surface area contributed by atoms with Gasteiger partial charge in [-0.25, -0.2) is 4.39 Å². The van der Waals surface area contributed by atoms with Crippen molar-refractivity contribution in [1.82, 2.24) is 9.55 Å². The Morgan fingerprint density at radius 2 is 2.29 bits per heavy atom. The number of aliphatic hydroxyl groups is 2. The van der Waals surface area contributed by atoms with Crippen LogP contribution in [0.1, 0.15) is 6.23 Å². The lowest BCUT2D eigenvalue weighted by atomic mass is 10.1. The minimum Gasteiger partial charge on any atom is -0.387 e. The Balaban J connectivity index is 2.19. The summed E-state index contributed by atoms with van der Waals surface area (Å²) in [7, 11) is 0. The molecule has 2 heterocycles. The molecule has 1 aromatic heterocycles. The van der Waals surface area contributed by atoms with Gasteiger partial charge in [0.25, 0.3) is 0 Å². The van der Waals surface area contributed by atoms with Gasteiger partial charge in [0.2, 0.25) is 6.33 Å². The molecule has 8 nitrogen and oxygen atoms in total. The van der Waals surface area contributed by atoms with Crippen LogP contribution in [0.4, 0.5) is 10.2 Å². The van der Waals surface area contributed by atoms with Gasteiger partial charge in [-0.05, 0) is 9.91 Å². The number of nitro groups is 1. The van der Waals surface area contributed by atoms with Gasteiger partial charge < -0.3 is 25.1 Å². The quantitative estimate of drug-likeness (QED) is 0.543. The summed E-state index contributed by atoms with van der Waals surface area (Å²) in [5.41, 5.74) is 0. The molecule has 4 unspecified atom stereocenters. The summed E-state index contributed by atoms with van der Waals surface area (Å²) >= 11 is 0. The maximum atomic E-state index is 12.4. The van der Waals surface area contributed by atoms with Gasteiger partial charge in [0.15, 0.2) is 6.23 Å². The molecule has 1 saturated heterocycles. The van der Waals surface area contributed by atoms with Gasteiger partial charge in [0.1, 0.15) is 31.2 Å². The van der Waals surface area contributed by atoms with Crippen molar-refractivity contribution in [2.45, 2.75) is 24.5 Å². The SMILES string of the molecule is O=[N+]([O-])c1cn(C2OC(C[18F])C(O)C2O)cn1. The second kappa shape index (κ2) is 4.35. The first-order chi connectivity index (χ1) is 8.04. The van der Waals surface area contributed by atoms with E-state index < -0.39 is 42.0 Å². The first kappa shape index (κ1) is 11.9. The van der Waals surface area contributed by atoms with Gasteiger partial charge >= 0.3 is 5.82 Å². The predicted octanol–water partition coefficient (Wildman–Crippen LogP) is -0.620. The molecule has 9 heteroatoms. The monoisotopic (exact) mass is 246 g/mol. The summed E-state index contributed by atoms with van der Waals surface area (Å²) in [5.74, 6) is -0.418. The van der Waals surface area contributed by atoms with Crippen LogP contribution in [0.25, 0.3) is 0 Å². The fourth-order valence-corrected chi connectivity index (χ4v) is 1.66. The topological polar surface area (TPSA) is 111 Å². The van der Waals surface area contributed by atoms with Crippen molar-refractivity contribution >= 4 is 5.82 Å². The van der Waals surface area contributed by atoms with E-state index >= 15 is 0 Å². The van der Waals surface area contributed by atoms with Crippen LogP contribution in [-0.2, 0) is 4.74 Å². The molecule has 0 amide bonds. The lowest BCUT2D eigenvalue weighted by Gasteiger charge is -2.14. The normalized spacial score (nSPS) is 32.9. The molecule has 17 heavy (non-hydrogen) atoms. The number of alkyl halides is 1. The van der Waals surface area contributed by atoms with Gasteiger partial charge in [-0.2, -0.15) is 0 Å². The molecule has 0 aromatic carbocycles. The summed E-state index contributed by atoms with van der Waals surface area (Å²) in [4.78, 5) is 13.2. The number of aliphatic hydroxyl groups excluding tert-OH is 2. The first-order valence-corrected chi connectivity index (χ1v) is 4.80. The van der Waals surface area contributed by atoms with Crippen molar-refractivity contribution in [3.05, 3.63) is 22.6 Å². The lowest BCUT2D eigenvalue weighted by Crippen LogP contribution is -2.32. The number of nitrogens with zero attached hydrogens (tertiary/aromatic N) is 3. The van der Waals surface area contributed by atoms with E-state index in [0.29, 0.717) is 0 Å². The average molecular weight is 246 g/mol. The van der Waals surface area contributed by atoms with Crippen LogP contribution < -0.4 is 0 Å². The van der Waals surface area contributed by atoms with Crippen molar-refractivity contribution < 1.29 is 24.3 Å². The summed E-state index contributed by atoms with van der Waals surface area (Å²) in [6.07, 6.45) is -2.82. The molecule has 1 aliphatic heterocycles. The van der Waals surface area contributed by atoms with Crippen LogP contribution >= 0.6 is 0 Å². The molecular formula is C8H10FN3O5. The highest BCUT2D eigenvalue weighted by Crippen LogP contribution is 2.30. The summed E-state index contributed by atoms with van der Waals surface area (Å²) in [5, 5.41) is 29.4. The Hall–Kier alpha value is -1.58. The largest absolute Gasteiger partial charge is 0.387 e. The van der Waals surface area contributed by atoms with E-state index in [1.54, 1.807) is 0 Å². The second-order valence-corrected chi connectivity index (χ2v) is 3.64. The lowest BCUT2D eigenvalue weighted by molar-refractivity contribution is -0.389. The summed E-state index contributed by atoms with van der Waals surface area (Å²) in [6, 6.07) is 0. The van der Waals surface area contributed by atoms with Crippen LogP contribution in [0.5, 0.6) is 0 Å². The van der Waals surface area contributed by atoms with E-state index in [1.807, 2.05) is 0 Å². The zero-order chi connectivity index (χ0) is 12.6. The second-order valence-electron chi connectivity index (χ2n) is 3.64. The number of ether oxygens (including phenoxy) is 1. The molecule has 0 saturated carbocycles. The Kier molecular flexibility index (Phi) is 3.05. The van der Waals surface area contributed by atoms with E-state index in [4.69, 9.17) is 4.74 Å². The third-order valence-electron chi connectivity index (χ3n) is 2.56. The molecule has 2 rings (SSSR count). The zero-order valence-electron chi connectivity index (χ0n) is 8.51. The van der Waals surface area contributed by atoms with E-state index in [-0.39, 0.29) is 0 Å². The number of hydrogen-bond acceptors (Lipinski definition) is 6. The summed E-state index contributed by atoms with van der Waals surface area (Å²) < 4.78 is 18.6. The van der Waals surface area contributed by atoms with Crippen molar-refractivity contribution in [1.29, 1.82) is 0 Å². The third kappa shape index (κ3) is 1.99. The van der Waals surface area contributed by atoms with Gasteiger partial charge in [0, 0.05) is 0 Å². The molecule has 0 bridgehead atoms. The molecule has 1 fully saturated rings. The molecule has 94 valence electrons. The summed E-state index contributed by atoms with van der Waals surface area (Å²) in [6.45, 7) is -0.953. The van der Waals surface area contributed by atoms with E-state index in [0.717, 1.165) is 17.1 Å². The highest BCUT2D eigenvalue weighted by molar-refractivity contribution is 5.13. The minimum absolute atomic E-state index is 0.418. The molecule has 1 aliphatic rings. The maximum Gasteiger partial charge on any atom is 0.381 e. The smallest absolute Gasteiger partial charge is 0.381 e. The molecule has 4 atom stereocenters. The Labute approximate surface area is 94.4 Å². The Bertz CT molecular complexity index is 425. The zero-order valence-corrected chi connectivity index (χ0v) is 8.51. The van der Waals surface area contributed by atoms with Gasteiger partial charge in [-0.3, -0.25) is 4.57 Å². The number of hydrogen-bond donors (Lipinski definition) is 2. The minimum atomic E-state index is -1.37. The highest BCUT2D eigenvalue weighted by atomic mass is 18.2. The molecule has 0 radical (unpaired) electrons. The van der Waals surface area contributed by atoms with E-state index in [9.17, 15) is 24.7 Å². The third-order valence-corrected chi connectivity index (χ3v) is 2.56. The van der Waals surface area contributed by atoms with Crippen molar-refractivity contribution in [2.75, 3.05) is 6.67 Å². The van der Waals surface area contributed by atoms with Gasteiger partial charge in [-0.1, -0.05) is 0 Å². The van der Waals surface area contributed by atoms with Crippen LogP contribution in [0.3, 0.4) is 0 Å². The van der Waals surface area contributed by atoms with Crippen LogP contribution in [-0.4, -0.2) is 49.7 Å². The maximum absolute atomic E-state index is 12.4. The number of halogens is 1. The van der Waals surface area contributed by atoms with Crippen molar-refractivity contribution in [3.8, 4) is 0 Å². The average Bonchev–Trinajstić information content (AvgIpc) is 2.87. The molecule has 1 aromatic rings. The number of imidazole rings is 1. The first-order valence-electron chi connectivity index (χ1n) is 4.80.